The summed E-state index contributed by atoms with van der Waals surface area (Å²) in [4.78, 5) is 44.7. The fraction of sp³-hybridized carbons (Fsp3) is 0.538. The van der Waals surface area contributed by atoms with Gasteiger partial charge in [-0.3, -0.25) is 14.4 Å². The fourth-order valence-electron chi connectivity index (χ4n) is 5.48. The summed E-state index contributed by atoms with van der Waals surface area (Å²) in [5.74, 6) is -0.250. The van der Waals surface area contributed by atoms with E-state index in [4.69, 9.17) is 4.74 Å². The van der Waals surface area contributed by atoms with Crippen LogP contribution in [0.1, 0.15) is 62.8 Å². The van der Waals surface area contributed by atoms with E-state index in [0.29, 0.717) is 25.1 Å². The maximum absolute atomic E-state index is 13.3. The molecule has 2 fully saturated rings. The number of hydrogen-bond acceptors (Lipinski definition) is 5. The first kappa shape index (κ1) is 23.8. The fourth-order valence-corrected chi connectivity index (χ4v) is 5.48. The quantitative estimate of drug-likeness (QED) is 0.634. The van der Waals surface area contributed by atoms with Crippen molar-refractivity contribution in [3.8, 4) is 6.07 Å². The average Bonchev–Trinajstić information content (AvgIpc) is 3.56. The molecular formula is C26H32N4O4. The number of carbonyl (C=O) groups excluding carboxylic acids is 3. The molecular weight excluding hydrogens is 432 g/mol. The molecule has 2 atom stereocenters. The van der Waals surface area contributed by atoms with Crippen LogP contribution in [-0.2, 0) is 32.0 Å². The molecule has 180 valence electrons. The van der Waals surface area contributed by atoms with E-state index in [1.165, 1.54) is 6.92 Å². The molecule has 0 bridgehead atoms. The van der Waals surface area contributed by atoms with Gasteiger partial charge in [0.05, 0.1) is 24.7 Å². The Labute approximate surface area is 199 Å². The molecule has 0 spiro atoms. The number of aromatic amines is 1. The molecule has 0 radical (unpaired) electrons. The van der Waals surface area contributed by atoms with Crippen LogP contribution >= 0.6 is 0 Å². The summed E-state index contributed by atoms with van der Waals surface area (Å²) in [6.45, 7) is 5.02. The van der Waals surface area contributed by atoms with E-state index < -0.39 is 0 Å². The van der Waals surface area contributed by atoms with Crippen LogP contribution in [0.15, 0.2) is 18.2 Å². The molecule has 1 aromatic carbocycles. The van der Waals surface area contributed by atoms with Gasteiger partial charge in [0, 0.05) is 42.7 Å². The first-order chi connectivity index (χ1) is 16.4. The molecule has 4 rings (SSSR count). The number of ether oxygens (including phenoxy) is 1. The molecule has 2 saturated heterocycles. The number of rotatable bonds is 7. The minimum absolute atomic E-state index is 0.0370. The second kappa shape index (κ2) is 10.3. The van der Waals surface area contributed by atoms with E-state index in [1.807, 2.05) is 11.0 Å². The van der Waals surface area contributed by atoms with Gasteiger partial charge in [0.2, 0.25) is 11.8 Å². The Bertz CT molecular complexity index is 1130. The number of aryl methyl sites for hydroxylation is 1. The maximum Gasteiger partial charge on any atom is 0.310 e. The van der Waals surface area contributed by atoms with E-state index >= 15 is 0 Å². The summed E-state index contributed by atoms with van der Waals surface area (Å²) in [6, 6.07) is 7.37. The predicted octanol–water partition coefficient (Wildman–Crippen LogP) is 3.08. The number of nitriles is 1. The van der Waals surface area contributed by atoms with Crippen molar-refractivity contribution in [2.24, 2.45) is 0 Å². The predicted molar refractivity (Wildman–Crippen MR) is 127 cm³/mol. The molecule has 0 aliphatic carbocycles. The molecule has 0 saturated carbocycles. The molecule has 2 unspecified atom stereocenters. The molecule has 2 aliphatic heterocycles. The van der Waals surface area contributed by atoms with Crippen LogP contribution in [0, 0.1) is 11.3 Å². The van der Waals surface area contributed by atoms with Crippen LogP contribution < -0.4 is 0 Å². The van der Waals surface area contributed by atoms with Gasteiger partial charge in [0.25, 0.3) is 0 Å². The van der Waals surface area contributed by atoms with Crippen molar-refractivity contribution in [2.75, 3.05) is 19.7 Å². The molecule has 2 amide bonds. The van der Waals surface area contributed by atoms with Crippen molar-refractivity contribution >= 4 is 28.7 Å². The van der Waals surface area contributed by atoms with E-state index in [2.05, 4.69) is 11.1 Å². The van der Waals surface area contributed by atoms with Gasteiger partial charge in [-0.2, -0.15) is 5.26 Å². The number of carbonyl (C=O) groups is 3. The first-order valence-corrected chi connectivity index (χ1v) is 12.2. The third kappa shape index (κ3) is 4.79. The number of amides is 2. The smallest absolute Gasteiger partial charge is 0.310 e. The Morgan fingerprint density at radius 3 is 2.68 bits per heavy atom. The number of fused-ring (bicyclic) bond motifs is 1. The van der Waals surface area contributed by atoms with Gasteiger partial charge in [-0.1, -0.05) is 6.07 Å². The van der Waals surface area contributed by atoms with E-state index in [-0.39, 0.29) is 36.3 Å². The van der Waals surface area contributed by atoms with Gasteiger partial charge in [-0.05, 0) is 63.1 Å². The monoisotopic (exact) mass is 464 g/mol. The Hall–Kier alpha value is -3.34. The zero-order valence-corrected chi connectivity index (χ0v) is 19.9. The van der Waals surface area contributed by atoms with Crippen molar-refractivity contribution in [1.29, 1.82) is 5.26 Å². The summed E-state index contributed by atoms with van der Waals surface area (Å²) in [7, 11) is 0. The lowest BCUT2D eigenvalue weighted by Crippen LogP contribution is -2.48. The van der Waals surface area contributed by atoms with Crippen LogP contribution in [0.5, 0.6) is 0 Å². The third-order valence-electron chi connectivity index (χ3n) is 7.08. The normalized spacial score (nSPS) is 20.0. The summed E-state index contributed by atoms with van der Waals surface area (Å²) in [6.07, 6.45) is 5.10. The minimum Gasteiger partial charge on any atom is -0.466 e. The molecule has 1 N–H and O–H groups in total. The van der Waals surface area contributed by atoms with Crippen LogP contribution in [0.3, 0.4) is 0 Å². The molecule has 2 aromatic rings. The number of aromatic nitrogens is 1. The Morgan fingerprint density at radius 1 is 1.18 bits per heavy atom. The van der Waals surface area contributed by atoms with Crippen LogP contribution in [0.4, 0.5) is 0 Å². The minimum atomic E-state index is -0.338. The number of nitrogens with one attached hydrogen (secondary N) is 1. The number of likely N-dealkylation sites (tertiary alicyclic amines) is 2. The van der Waals surface area contributed by atoms with Crippen LogP contribution in [0.25, 0.3) is 10.9 Å². The SMILES string of the molecule is CCOC(=O)Cc1c(CCC2CCCN2C(=O)C2CCCN2C(C)=O)[nH]c2cc(C#N)ccc12. The largest absolute Gasteiger partial charge is 0.466 e. The first-order valence-electron chi connectivity index (χ1n) is 12.2. The molecule has 8 heteroatoms. The molecule has 2 aliphatic rings. The average molecular weight is 465 g/mol. The molecule has 8 nitrogen and oxygen atoms in total. The van der Waals surface area contributed by atoms with E-state index in [1.54, 1.807) is 24.0 Å². The van der Waals surface area contributed by atoms with Crippen molar-refractivity contribution < 1.29 is 19.1 Å². The lowest BCUT2D eigenvalue weighted by atomic mass is 10.0. The number of hydrogen-bond donors (Lipinski definition) is 1. The zero-order chi connectivity index (χ0) is 24.2. The number of benzene rings is 1. The highest BCUT2D eigenvalue weighted by molar-refractivity contribution is 5.90. The Kier molecular flexibility index (Phi) is 7.20. The van der Waals surface area contributed by atoms with Gasteiger partial charge < -0.3 is 19.5 Å². The Morgan fingerprint density at radius 2 is 1.94 bits per heavy atom. The second-order valence-electron chi connectivity index (χ2n) is 9.17. The lowest BCUT2D eigenvalue weighted by molar-refractivity contribution is -0.143. The topological polar surface area (TPSA) is 106 Å². The summed E-state index contributed by atoms with van der Waals surface area (Å²) in [5, 5.41) is 10.2. The molecule has 3 heterocycles. The highest BCUT2D eigenvalue weighted by Crippen LogP contribution is 2.30. The lowest BCUT2D eigenvalue weighted by Gasteiger charge is -2.31. The van der Waals surface area contributed by atoms with Gasteiger partial charge in [0.1, 0.15) is 6.04 Å². The van der Waals surface area contributed by atoms with Crippen molar-refractivity contribution in [1.82, 2.24) is 14.8 Å². The van der Waals surface area contributed by atoms with Crippen molar-refractivity contribution in [3.05, 3.63) is 35.0 Å². The summed E-state index contributed by atoms with van der Waals surface area (Å²) in [5.41, 5.74) is 3.23. The highest BCUT2D eigenvalue weighted by Gasteiger charge is 2.39. The van der Waals surface area contributed by atoms with Crippen LogP contribution in [0.2, 0.25) is 0 Å². The van der Waals surface area contributed by atoms with Gasteiger partial charge in [0.15, 0.2) is 0 Å². The van der Waals surface area contributed by atoms with E-state index in [0.717, 1.165) is 60.8 Å². The molecule has 34 heavy (non-hydrogen) atoms. The third-order valence-corrected chi connectivity index (χ3v) is 7.08. The van der Waals surface area contributed by atoms with Crippen molar-refractivity contribution in [3.63, 3.8) is 0 Å². The van der Waals surface area contributed by atoms with Gasteiger partial charge in [-0.25, -0.2) is 0 Å². The van der Waals surface area contributed by atoms with Crippen LogP contribution in [-0.4, -0.2) is 64.3 Å². The van der Waals surface area contributed by atoms with Gasteiger partial charge >= 0.3 is 5.97 Å². The second-order valence-corrected chi connectivity index (χ2v) is 9.17. The van der Waals surface area contributed by atoms with E-state index in [9.17, 15) is 19.6 Å². The standard InChI is InChI=1S/C26H32N4O4/c1-3-34-25(32)15-21-20-10-8-18(16-27)14-23(20)28-22(21)11-9-19-6-4-13-30(19)26(33)24-7-5-12-29(24)17(2)31/h8,10,14,19,24,28H,3-7,9,11-13,15H2,1-2H3. The van der Waals surface area contributed by atoms with Crippen molar-refractivity contribution in [2.45, 2.75) is 70.9 Å². The highest BCUT2D eigenvalue weighted by atomic mass is 16.5. The summed E-state index contributed by atoms with van der Waals surface area (Å²) >= 11 is 0. The number of esters is 1. The number of H-pyrrole nitrogens is 1. The maximum atomic E-state index is 13.3. The Balaban J connectivity index is 1.52. The van der Waals surface area contributed by atoms with Gasteiger partial charge in [-0.15, -0.1) is 0 Å². The zero-order valence-electron chi connectivity index (χ0n) is 19.9. The summed E-state index contributed by atoms with van der Waals surface area (Å²) < 4.78 is 5.19. The number of nitrogens with zero attached hydrogens (tertiary/aromatic N) is 3. The molecule has 1 aromatic heterocycles.